The van der Waals surface area contributed by atoms with Crippen LogP contribution in [0.2, 0.25) is 0 Å². The Morgan fingerprint density at radius 1 is 1.22 bits per heavy atom. The van der Waals surface area contributed by atoms with Gasteiger partial charge in [-0.1, -0.05) is 12.7 Å². The van der Waals surface area contributed by atoms with Crippen molar-refractivity contribution in [2.24, 2.45) is 0 Å². The SMILES string of the molecule is C=C/C(=C\C=C(/C)OC(F)(F)F)c1nc(CCNS(=O)(=O)c2cc(C)c(C)c(C(=O)OC)c2)c(C)s1. The fourth-order valence-corrected chi connectivity index (χ4v) is 5.25. The number of hydrogen-bond donors (Lipinski definition) is 1. The van der Waals surface area contributed by atoms with Gasteiger partial charge in [-0.05, 0) is 63.1 Å². The number of thiazole rings is 1. The van der Waals surface area contributed by atoms with E-state index in [9.17, 15) is 26.4 Å². The van der Waals surface area contributed by atoms with Crippen molar-refractivity contribution in [3.63, 3.8) is 0 Å². The van der Waals surface area contributed by atoms with Crippen molar-refractivity contribution in [2.45, 2.75) is 45.4 Å². The van der Waals surface area contributed by atoms with E-state index in [1.54, 1.807) is 13.8 Å². The summed E-state index contributed by atoms with van der Waals surface area (Å²) < 4.78 is 73.8. The van der Waals surface area contributed by atoms with Crippen molar-refractivity contribution >= 4 is 32.9 Å². The Kier molecular flexibility index (Phi) is 9.64. The van der Waals surface area contributed by atoms with Crippen molar-refractivity contribution in [3.05, 3.63) is 75.0 Å². The van der Waals surface area contributed by atoms with Crippen LogP contribution in [0.15, 0.2) is 47.6 Å². The second-order valence-corrected chi connectivity index (χ2v) is 10.7. The fraction of sp³-hybridized carbons (Fsp3) is 0.333. The molecule has 1 N–H and O–H groups in total. The minimum Gasteiger partial charge on any atom is -0.465 e. The first-order valence-corrected chi connectivity index (χ1v) is 12.9. The first kappa shape index (κ1) is 29.3. The molecule has 36 heavy (non-hydrogen) atoms. The van der Waals surface area contributed by atoms with E-state index in [1.165, 1.54) is 55.7 Å². The molecule has 0 atom stereocenters. The second kappa shape index (κ2) is 11.8. The van der Waals surface area contributed by atoms with Gasteiger partial charge in [-0.3, -0.25) is 0 Å². The molecule has 2 rings (SSSR count). The first-order valence-electron chi connectivity index (χ1n) is 10.6. The number of halogens is 3. The Morgan fingerprint density at radius 3 is 2.47 bits per heavy atom. The number of rotatable bonds is 10. The summed E-state index contributed by atoms with van der Waals surface area (Å²) in [5, 5.41) is 0.522. The van der Waals surface area contributed by atoms with Crippen LogP contribution in [0.25, 0.3) is 5.57 Å². The smallest absolute Gasteiger partial charge is 0.465 e. The number of hydrogen-bond acceptors (Lipinski definition) is 7. The van der Waals surface area contributed by atoms with Gasteiger partial charge in [-0.2, -0.15) is 0 Å². The summed E-state index contributed by atoms with van der Waals surface area (Å²) in [6.45, 7) is 10.1. The number of alkyl halides is 3. The molecule has 0 aliphatic carbocycles. The number of allylic oxidation sites excluding steroid dienone is 5. The number of methoxy groups -OCH3 is 1. The van der Waals surface area contributed by atoms with Crippen molar-refractivity contribution < 1.29 is 35.9 Å². The molecule has 1 aromatic carbocycles. The summed E-state index contributed by atoms with van der Waals surface area (Å²) >= 11 is 1.31. The number of carbonyl (C=O) groups excluding carboxylic acids is 1. The van der Waals surface area contributed by atoms with Crippen LogP contribution in [0.1, 0.15) is 44.0 Å². The topological polar surface area (TPSA) is 94.6 Å². The molecule has 0 amide bonds. The highest BCUT2D eigenvalue weighted by Crippen LogP contribution is 2.27. The van der Waals surface area contributed by atoms with E-state index in [0.717, 1.165) is 4.88 Å². The fourth-order valence-electron chi connectivity index (χ4n) is 3.12. The zero-order valence-corrected chi connectivity index (χ0v) is 22.1. The lowest BCUT2D eigenvalue weighted by Gasteiger charge is -2.12. The molecule has 2 aromatic rings. The van der Waals surface area contributed by atoms with Crippen LogP contribution >= 0.6 is 11.3 Å². The summed E-state index contributed by atoms with van der Waals surface area (Å²) in [5.74, 6) is -0.967. The van der Waals surface area contributed by atoms with Crippen LogP contribution in [-0.2, 0) is 25.9 Å². The molecule has 0 spiro atoms. The van der Waals surface area contributed by atoms with E-state index >= 15 is 0 Å². The van der Waals surface area contributed by atoms with E-state index in [4.69, 9.17) is 4.74 Å². The number of esters is 1. The third-order valence-corrected chi connectivity index (χ3v) is 7.65. The van der Waals surface area contributed by atoms with Crippen LogP contribution in [-0.4, -0.2) is 39.4 Å². The molecule has 0 radical (unpaired) electrons. The lowest BCUT2D eigenvalue weighted by atomic mass is 10.0. The molecule has 0 unspecified atom stereocenters. The largest absolute Gasteiger partial charge is 0.572 e. The van der Waals surface area contributed by atoms with Gasteiger partial charge in [0.1, 0.15) is 10.8 Å². The predicted octanol–water partition coefficient (Wildman–Crippen LogP) is 5.39. The van der Waals surface area contributed by atoms with E-state index in [-0.39, 0.29) is 29.2 Å². The number of carbonyl (C=O) groups is 1. The number of aryl methyl sites for hydroxylation is 2. The van der Waals surface area contributed by atoms with E-state index in [1.807, 2.05) is 6.92 Å². The van der Waals surface area contributed by atoms with E-state index in [2.05, 4.69) is 21.0 Å². The molecule has 0 aliphatic heterocycles. The molecule has 196 valence electrons. The summed E-state index contributed by atoms with van der Waals surface area (Å²) in [6.07, 6.45) is -0.467. The molecular formula is C24H27F3N2O5S2. The van der Waals surface area contributed by atoms with Gasteiger partial charge in [0.2, 0.25) is 10.0 Å². The minimum atomic E-state index is -4.78. The second-order valence-electron chi connectivity index (χ2n) is 7.73. The summed E-state index contributed by atoms with van der Waals surface area (Å²) in [7, 11) is -2.69. The lowest BCUT2D eigenvalue weighted by Crippen LogP contribution is -2.26. The summed E-state index contributed by atoms with van der Waals surface area (Å²) in [4.78, 5) is 17.3. The number of nitrogens with one attached hydrogen (secondary N) is 1. The zero-order valence-electron chi connectivity index (χ0n) is 20.4. The van der Waals surface area contributed by atoms with E-state index in [0.29, 0.717) is 27.4 Å². The molecule has 0 fully saturated rings. The maximum atomic E-state index is 12.8. The van der Waals surface area contributed by atoms with Crippen molar-refractivity contribution in [1.82, 2.24) is 9.71 Å². The van der Waals surface area contributed by atoms with Crippen molar-refractivity contribution in [3.8, 4) is 0 Å². The normalized spacial score (nSPS) is 13.0. The van der Waals surface area contributed by atoms with Gasteiger partial charge in [-0.15, -0.1) is 24.5 Å². The van der Waals surface area contributed by atoms with E-state index < -0.39 is 22.4 Å². The average Bonchev–Trinajstić information content (AvgIpc) is 3.14. The highest BCUT2D eigenvalue weighted by Gasteiger charge is 2.30. The highest BCUT2D eigenvalue weighted by molar-refractivity contribution is 7.89. The van der Waals surface area contributed by atoms with Gasteiger partial charge < -0.3 is 9.47 Å². The Morgan fingerprint density at radius 2 is 1.89 bits per heavy atom. The first-order chi connectivity index (χ1) is 16.7. The Hall–Kier alpha value is -2.96. The van der Waals surface area contributed by atoms with Gasteiger partial charge in [0.25, 0.3) is 0 Å². The number of ether oxygens (including phenoxy) is 2. The average molecular weight is 545 g/mol. The lowest BCUT2D eigenvalue weighted by molar-refractivity contribution is -0.305. The number of benzene rings is 1. The molecule has 12 heteroatoms. The number of nitrogens with zero attached hydrogens (tertiary/aromatic N) is 1. The molecule has 0 bridgehead atoms. The monoisotopic (exact) mass is 544 g/mol. The maximum absolute atomic E-state index is 12.8. The Labute approximate surface area is 212 Å². The molecule has 7 nitrogen and oxygen atoms in total. The minimum absolute atomic E-state index is 0.0401. The Bertz CT molecular complexity index is 1310. The van der Waals surface area contributed by atoms with Crippen molar-refractivity contribution in [1.29, 1.82) is 0 Å². The van der Waals surface area contributed by atoms with Gasteiger partial charge in [0.15, 0.2) is 0 Å². The predicted molar refractivity (Wildman–Crippen MR) is 132 cm³/mol. The van der Waals surface area contributed by atoms with Gasteiger partial charge in [0.05, 0.1) is 23.3 Å². The third-order valence-electron chi connectivity index (χ3n) is 5.14. The van der Waals surface area contributed by atoms with Crippen LogP contribution in [0.5, 0.6) is 0 Å². The number of aromatic nitrogens is 1. The van der Waals surface area contributed by atoms with Gasteiger partial charge in [0, 0.05) is 23.4 Å². The van der Waals surface area contributed by atoms with Gasteiger partial charge in [-0.25, -0.2) is 22.9 Å². The highest BCUT2D eigenvalue weighted by atomic mass is 32.2. The van der Waals surface area contributed by atoms with Crippen LogP contribution < -0.4 is 4.72 Å². The van der Waals surface area contributed by atoms with Crippen molar-refractivity contribution in [2.75, 3.05) is 13.7 Å². The molecule has 1 heterocycles. The maximum Gasteiger partial charge on any atom is 0.572 e. The standard InChI is InChI=1S/C24H27F3N2O5S2/c1-7-18(9-8-15(3)34-24(25,26)27)22-29-21(17(5)35-22)10-11-28-36(31,32)19-12-14(2)16(4)20(13-19)23(30)33-6/h7-9,12-13,28H,1,10-11H2,2-6H3/b15-8+,18-9+. The van der Waals surface area contributed by atoms with Crippen LogP contribution in [0, 0.1) is 20.8 Å². The van der Waals surface area contributed by atoms with Crippen LogP contribution in [0.4, 0.5) is 13.2 Å². The van der Waals surface area contributed by atoms with Gasteiger partial charge >= 0.3 is 12.3 Å². The van der Waals surface area contributed by atoms with Crippen LogP contribution in [0.3, 0.4) is 0 Å². The Balaban J connectivity index is 2.17. The summed E-state index contributed by atoms with van der Waals surface area (Å²) in [6, 6.07) is 2.76. The quantitative estimate of drug-likeness (QED) is 0.245. The third kappa shape index (κ3) is 7.77. The molecule has 0 saturated carbocycles. The molecule has 0 saturated heterocycles. The molecular weight excluding hydrogens is 517 g/mol. The molecule has 0 aliphatic rings. The summed E-state index contributed by atoms with van der Waals surface area (Å²) in [5.41, 5.74) is 2.56. The number of sulfonamides is 1. The zero-order chi connectivity index (χ0) is 27.3. The molecule has 1 aromatic heterocycles.